The molecule has 2 aromatic rings. The monoisotopic (exact) mass is 208 g/mol. The van der Waals surface area contributed by atoms with Gasteiger partial charge in [0.05, 0.1) is 23.6 Å². The second kappa shape index (κ2) is 3.34. The second-order valence-corrected chi connectivity index (χ2v) is 3.14. The molecule has 0 N–H and O–H groups in total. The van der Waals surface area contributed by atoms with E-state index in [0.717, 1.165) is 0 Å². The van der Waals surface area contributed by atoms with Gasteiger partial charge in [-0.15, -0.1) is 5.10 Å². The Balaban J connectivity index is 2.65. The zero-order chi connectivity index (χ0) is 11.0. The lowest BCUT2D eigenvalue weighted by atomic mass is 10.1. The van der Waals surface area contributed by atoms with E-state index < -0.39 is 11.9 Å². The minimum atomic E-state index is -0.585. The first kappa shape index (κ1) is 9.64. The van der Waals surface area contributed by atoms with Gasteiger partial charge in [-0.25, -0.2) is 4.79 Å². The van der Waals surface area contributed by atoms with Gasteiger partial charge in [-0.05, 0) is 18.2 Å². The minimum Gasteiger partial charge on any atom is -0.465 e. The molecular formula is C10H9FN2O2. The van der Waals surface area contributed by atoms with Gasteiger partial charge in [-0.2, -0.15) is 4.39 Å². The zero-order valence-electron chi connectivity index (χ0n) is 8.32. The number of carbonyl (C=O) groups is 1. The quantitative estimate of drug-likeness (QED) is 0.667. The Kier molecular flexibility index (Phi) is 2.15. The third kappa shape index (κ3) is 1.45. The van der Waals surface area contributed by atoms with Crippen molar-refractivity contribution in [2.24, 2.45) is 7.05 Å². The van der Waals surface area contributed by atoms with E-state index in [0.29, 0.717) is 16.5 Å². The summed E-state index contributed by atoms with van der Waals surface area (Å²) in [4.78, 5) is 11.2. The molecule has 0 saturated carbocycles. The summed E-state index contributed by atoms with van der Waals surface area (Å²) in [7, 11) is 2.93. The van der Waals surface area contributed by atoms with Crippen molar-refractivity contribution in [3.8, 4) is 0 Å². The Hall–Kier alpha value is -1.91. The van der Waals surface area contributed by atoms with Crippen molar-refractivity contribution < 1.29 is 13.9 Å². The van der Waals surface area contributed by atoms with E-state index in [1.54, 1.807) is 19.2 Å². The molecule has 0 aliphatic heterocycles. The van der Waals surface area contributed by atoms with Crippen LogP contribution in [0.15, 0.2) is 18.2 Å². The Morgan fingerprint density at radius 1 is 1.53 bits per heavy atom. The lowest BCUT2D eigenvalue weighted by Crippen LogP contribution is -2.00. The van der Waals surface area contributed by atoms with Crippen LogP contribution in [0.3, 0.4) is 0 Å². The highest BCUT2D eigenvalue weighted by atomic mass is 19.1. The zero-order valence-corrected chi connectivity index (χ0v) is 8.32. The van der Waals surface area contributed by atoms with Gasteiger partial charge in [-0.3, -0.25) is 4.68 Å². The number of esters is 1. The molecule has 0 radical (unpaired) electrons. The van der Waals surface area contributed by atoms with E-state index in [1.807, 2.05) is 0 Å². The Bertz CT molecular complexity index is 533. The summed E-state index contributed by atoms with van der Waals surface area (Å²) in [6.45, 7) is 0. The first-order valence-electron chi connectivity index (χ1n) is 4.34. The number of nitrogens with zero attached hydrogens (tertiary/aromatic N) is 2. The molecule has 15 heavy (non-hydrogen) atoms. The van der Waals surface area contributed by atoms with Crippen molar-refractivity contribution >= 4 is 16.9 Å². The maximum absolute atomic E-state index is 13.3. The predicted molar refractivity (Wildman–Crippen MR) is 52.0 cm³/mol. The molecule has 78 valence electrons. The molecule has 1 heterocycles. The highest BCUT2D eigenvalue weighted by Crippen LogP contribution is 2.18. The van der Waals surface area contributed by atoms with Crippen molar-refractivity contribution in [2.45, 2.75) is 0 Å². The van der Waals surface area contributed by atoms with Gasteiger partial charge in [-0.1, -0.05) is 0 Å². The first-order valence-corrected chi connectivity index (χ1v) is 4.34. The minimum absolute atomic E-state index is 0.317. The number of carbonyl (C=O) groups excluding carboxylic acids is 1. The van der Waals surface area contributed by atoms with E-state index in [-0.39, 0.29) is 0 Å². The van der Waals surface area contributed by atoms with Gasteiger partial charge in [0.2, 0.25) is 5.95 Å². The summed E-state index contributed by atoms with van der Waals surface area (Å²) in [5.74, 6) is -1.07. The van der Waals surface area contributed by atoms with E-state index in [9.17, 15) is 9.18 Å². The molecule has 5 heteroatoms. The van der Waals surface area contributed by atoms with Crippen molar-refractivity contribution in [3.05, 3.63) is 29.7 Å². The fourth-order valence-corrected chi connectivity index (χ4v) is 1.47. The predicted octanol–water partition coefficient (Wildman–Crippen LogP) is 1.50. The fourth-order valence-electron chi connectivity index (χ4n) is 1.47. The van der Waals surface area contributed by atoms with Crippen LogP contribution >= 0.6 is 0 Å². The number of hydrogen-bond donors (Lipinski definition) is 0. The van der Waals surface area contributed by atoms with Crippen LogP contribution in [-0.2, 0) is 11.8 Å². The summed E-state index contributed by atoms with van der Waals surface area (Å²) in [5, 5.41) is 3.93. The van der Waals surface area contributed by atoms with Gasteiger partial charge >= 0.3 is 5.97 Å². The standard InChI is InChI=1S/C10H9FN2O2/c1-13-8-4-3-6(10(14)15-2)5-7(8)9(11)12-13/h3-5H,1-2H3. The van der Waals surface area contributed by atoms with Crippen LogP contribution in [0, 0.1) is 5.95 Å². The van der Waals surface area contributed by atoms with Crippen LogP contribution in [0.1, 0.15) is 10.4 Å². The van der Waals surface area contributed by atoms with E-state index >= 15 is 0 Å². The molecular weight excluding hydrogens is 199 g/mol. The number of hydrogen-bond acceptors (Lipinski definition) is 3. The molecule has 4 nitrogen and oxygen atoms in total. The number of aromatic nitrogens is 2. The second-order valence-electron chi connectivity index (χ2n) is 3.14. The molecule has 1 aromatic heterocycles. The normalized spacial score (nSPS) is 10.6. The number of aryl methyl sites for hydroxylation is 1. The van der Waals surface area contributed by atoms with E-state index in [2.05, 4.69) is 9.84 Å². The molecule has 0 saturated heterocycles. The van der Waals surface area contributed by atoms with Crippen LogP contribution in [0.4, 0.5) is 4.39 Å². The lowest BCUT2D eigenvalue weighted by Gasteiger charge is -1.99. The third-order valence-electron chi connectivity index (χ3n) is 2.23. The first-order chi connectivity index (χ1) is 7.13. The van der Waals surface area contributed by atoms with Gasteiger partial charge < -0.3 is 4.74 Å². The van der Waals surface area contributed by atoms with E-state index in [1.165, 1.54) is 17.9 Å². The summed E-state index contributed by atoms with van der Waals surface area (Å²) in [5.41, 5.74) is 0.956. The number of ether oxygens (including phenoxy) is 1. The molecule has 0 atom stereocenters. The number of halogens is 1. The Labute approximate surface area is 85.3 Å². The number of rotatable bonds is 1. The largest absolute Gasteiger partial charge is 0.465 e. The lowest BCUT2D eigenvalue weighted by molar-refractivity contribution is 0.0601. The number of benzene rings is 1. The molecule has 2 rings (SSSR count). The summed E-state index contributed by atoms with van der Waals surface area (Å²) < 4.78 is 19.2. The average molecular weight is 208 g/mol. The summed E-state index contributed by atoms with van der Waals surface area (Å²) in [6.07, 6.45) is 0. The molecule has 0 amide bonds. The highest BCUT2D eigenvalue weighted by molar-refractivity contribution is 5.94. The summed E-state index contributed by atoms with van der Waals surface area (Å²) >= 11 is 0. The van der Waals surface area contributed by atoms with Gasteiger partial charge in [0, 0.05) is 7.05 Å². The third-order valence-corrected chi connectivity index (χ3v) is 2.23. The maximum Gasteiger partial charge on any atom is 0.337 e. The molecule has 0 aliphatic rings. The number of methoxy groups -OCH3 is 1. The Morgan fingerprint density at radius 2 is 2.27 bits per heavy atom. The molecule has 0 bridgehead atoms. The van der Waals surface area contributed by atoms with Crippen LogP contribution in [0.5, 0.6) is 0 Å². The fraction of sp³-hybridized carbons (Fsp3) is 0.200. The van der Waals surface area contributed by atoms with Crippen LogP contribution in [-0.4, -0.2) is 22.9 Å². The van der Waals surface area contributed by atoms with Gasteiger partial charge in [0.15, 0.2) is 0 Å². The van der Waals surface area contributed by atoms with Gasteiger partial charge in [0.25, 0.3) is 0 Å². The topological polar surface area (TPSA) is 44.1 Å². The van der Waals surface area contributed by atoms with E-state index in [4.69, 9.17) is 0 Å². The Morgan fingerprint density at radius 3 is 2.93 bits per heavy atom. The molecule has 1 aromatic carbocycles. The van der Waals surface area contributed by atoms with Crippen molar-refractivity contribution in [1.82, 2.24) is 9.78 Å². The van der Waals surface area contributed by atoms with Crippen molar-refractivity contribution in [3.63, 3.8) is 0 Å². The molecule has 0 unspecified atom stereocenters. The maximum atomic E-state index is 13.3. The smallest absolute Gasteiger partial charge is 0.337 e. The molecule has 0 aliphatic carbocycles. The van der Waals surface area contributed by atoms with Crippen molar-refractivity contribution in [2.75, 3.05) is 7.11 Å². The van der Waals surface area contributed by atoms with Crippen LogP contribution in [0.2, 0.25) is 0 Å². The average Bonchev–Trinajstić information content (AvgIpc) is 2.53. The van der Waals surface area contributed by atoms with Crippen molar-refractivity contribution in [1.29, 1.82) is 0 Å². The molecule has 0 spiro atoms. The summed E-state index contributed by atoms with van der Waals surface area (Å²) in [6, 6.07) is 4.65. The van der Waals surface area contributed by atoms with Crippen LogP contribution < -0.4 is 0 Å². The number of fused-ring (bicyclic) bond motifs is 1. The highest BCUT2D eigenvalue weighted by Gasteiger charge is 2.11. The SMILES string of the molecule is COC(=O)c1ccc2c(c1)c(F)nn2C. The molecule has 0 fully saturated rings. The van der Waals surface area contributed by atoms with Crippen LogP contribution in [0.25, 0.3) is 10.9 Å². The van der Waals surface area contributed by atoms with Gasteiger partial charge in [0.1, 0.15) is 0 Å².